The summed E-state index contributed by atoms with van der Waals surface area (Å²) in [6.07, 6.45) is 0. The van der Waals surface area contributed by atoms with E-state index in [1.54, 1.807) is 0 Å². The van der Waals surface area contributed by atoms with Crippen LogP contribution in [0, 0.1) is 0 Å². The molecule has 0 radical (unpaired) electrons. The minimum atomic E-state index is -0.581. The molecular weight excluding hydrogens is 230 g/mol. The summed E-state index contributed by atoms with van der Waals surface area (Å²) in [6.45, 7) is 0.558. The first-order valence-corrected chi connectivity index (χ1v) is 4.80. The van der Waals surface area contributed by atoms with Crippen molar-refractivity contribution in [1.82, 2.24) is 16.0 Å². The number of methoxy groups -OCH3 is 1. The number of nitrogens with one attached hydrogen (secondary N) is 3. The van der Waals surface area contributed by atoms with E-state index in [0.717, 1.165) is 0 Å². The van der Waals surface area contributed by atoms with Crippen molar-refractivity contribution in [2.24, 2.45) is 0 Å². The van der Waals surface area contributed by atoms with E-state index < -0.39 is 17.8 Å². The van der Waals surface area contributed by atoms with Crippen LogP contribution in [-0.2, 0) is 23.9 Å². The van der Waals surface area contributed by atoms with E-state index in [0.29, 0.717) is 0 Å². The molecule has 0 aromatic rings. The van der Waals surface area contributed by atoms with Crippen molar-refractivity contribution in [3.05, 3.63) is 0 Å². The summed E-state index contributed by atoms with van der Waals surface area (Å²) in [5.41, 5.74) is 0. The number of amides is 3. The molecule has 0 unspecified atom stereocenters. The lowest BCUT2D eigenvalue weighted by molar-refractivity contribution is -0.141. The highest BCUT2D eigenvalue weighted by Gasteiger charge is 2.07. The van der Waals surface area contributed by atoms with Crippen molar-refractivity contribution in [2.45, 2.75) is 6.92 Å². The zero-order valence-corrected chi connectivity index (χ0v) is 9.66. The van der Waals surface area contributed by atoms with Gasteiger partial charge < -0.3 is 20.7 Å². The van der Waals surface area contributed by atoms with Crippen LogP contribution in [0.2, 0.25) is 0 Å². The Balaban J connectivity index is 3.66. The SMILES string of the molecule is COC(=O)CNC(=O)CNC(=O)CNC(C)=O. The average Bonchev–Trinajstić information content (AvgIpc) is 2.30. The molecule has 0 aromatic carbocycles. The van der Waals surface area contributed by atoms with Crippen LogP contribution in [0.3, 0.4) is 0 Å². The Labute approximate surface area is 98.1 Å². The van der Waals surface area contributed by atoms with E-state index in [-0.39, 0.29) is 25.5 Å². The van der Waals surface area contributed by atoms with Gasteiger partial charge in [0.15, 0.2) is 0 Å². The van der Waals surface area contributed by atoms with Gasteiger partial charge in [-0.25, -0.2) is 0 Å². The molecule has 0 fully saturated rings. The van der Waals surface area contributed by atoms with E-state index in [9.17, 15) is 19.2 Å². The van der Waals surface area contributed by atoms with E-state index in [4.69, 9.17) is 0 Å². The summed E-state index contributed by atoms with van der Waals surface area (Å²) in [5, 5.41) is 6.77. The maximum Gasteiger partial charge on any atom is 0.325 e. The van der Waals surface area contributed by atoms with Crippen LogP contribution in [0.1, 0.15) is 6.92 Å². The third-order valence-corrected chi connectivity index (χ3v) is 1.60. The molecule has 0 aliphatic heterocycles. The van der Waals surface area contributed by atoms with E-state index >= 15 is 0 Å². The summed E-state index contributed by atoms with van der Waals surface area (Å²) < 4.78 is 4.30. The number of carbonyl (C=O) groups is 4. The molecule has 0 saturated heterocycles. The van der Waals surface area contributed by atoms with Gasteiger partial charge in [0.2, 0.25) is 17.7 Å². The topological polar surface area (TPSA) is 114 Å². The fourth-order valence-electron chi connectivity index (χ4n) is 0.752. The predicted octanol–water partition coefficient (Wildman–Crippen LogP) is -2.47. The Kier molecular flexibility index (Phi) is 7.07. The fourth-order valence-corrected chi connectivity index (χ4v) is 0.752. The summed E-state index contributed by atoms with van der Waals surface area (Å²) >= 11 is 0. The van der Waals surface area contributed by atoms with Gasteiger partial charge >= 0.3 is 5.97 Å². The molecule has 0 heterocycles. The number of carbonyl (C=O) groups excluding carboxylic acids is 4. The first-order chi connectivity index (χ1) is 7.95. The molecule has 0 rings (SSSR count). The van der Waals surface area contributed by atoms with Gasteiger partial charge in [-0.1, -0.05) is 0 Å². The first kappa shape index (κ1) is 14.9. The van der Waals surface area contributed by atoms with Crippen LogP contribution >= 0.6 is 0 Å². The normalized spacial score (nSPS) is 9.06. The number of esters is 1. The molecule has 0 saturated carbocycles. The Bertz CT molecular complexity index is 316. The lowest BCUT2D eigenvalue weighted by atomic mass is 10.5. The van der Waals surface area contributed by atoms with Crippen molar-refractivity contribution < 1.29 is 23.9 Å². The van der Waals surface area contributed by atoms with E-state index in [1.165, 1.54) is 14.0 Å². The molecule has 0 aliphatic rings. The standard InChI is InChI=1S/C9H15N3O5/c1-6(13)10-3-7(14)11-4-8(15)12-5-9(16)17-2/h3-5H2,1-2H3,(H,10,13)(H,11,14)(H,12,15). The molecule has 3 amide bonds. The van der Waals surface area contributed by atoms with Gasteiger partial charge in [-0.3, -0.25) is 19.2 Å². The van der Waals surface area contributed by atoms with Crippen LogP contribution in [-0.4, -0.2) is 50.4 Å². The molecule has 96 valence electrons. The monoisotopic (exact) mass is 245 g/mol. The molecule has 3 N–H and O–H groups in total. The second kappa shape index (κ2) is 8.08. The first-order valence-electron chi connectivity index (χ1n) is 4.80. The second-order valence-corrected chi connectivity index (χ2v) is 3.04. The van der Waals surface area contributed by atoms with Crippen LogP contribution in [0.5, 0.6) is 0 Å². The fraction of sp³-hybridized carbons (Fsp3) is 0.556. The number of rotatable bonds is 6. The number of hydrogen-bond acceptors (Lipinski definition) is 5. The van der Waals surface area contributed by atoms with Gasteiger partial charge in [-0.15, -0.1) is 0 Å². The Morgan fingerprint density at radius 1 is 0.882 bits per heavy atom. The zero-order chi connectivity index (χ0) is 13.3. The summed E-state index contributed by atoms with van der Waals surface area (Å²) in [4.78, 5) is 43.3. The number of ether oxygens (including phenoxy) is 1. The minimum Gasteiger partial charge on any atom is -0.468 e. The third kappa shape index (κ3) is 8.85. The van der Waals surface area contributed by atoms with E-state index in [2.05, 4.69) is 20.7 Å². The molecule has 0 atom stereocenters. The summed E-state index contributed by atoms with van der Waals surface area (Å²) in [7, 11) is 1.20. The predicted molar refractivity (Wildman–Crippen MR) is 56.7 cm³/mol. The lowest BCUT2D eigenvalue weighted by Crippen LogP contribution is -2.42. The van der Waals surface area contributed by atoms with Gasteiger partial charge in [0.25, 0.3) is 0 Å². The maximum absolute atomic E-state index is 11.1. The lowest BCUT2D eigenvalue weighted by Gasteiger charge is -2.06. The molecule has 0 aromatic heterocycles. The Morgan fingerprint density at radius 3 is 1.82 bits per heavy atom. The van der Waals surface area contributed by atoms with Gasteiger partial charge in [0.05, 0.1) is 20.2 Å². The van der Waals surface area contributed by atoms with Crippen molar-refractivity contribution in [3.63, 3.8) is 0 Å². The zero-order valence-electron chi connectivity index (χ0n) is 9.66. The molecular formula is C9H15N3O5. The highest BCUT2D eigenvalue weighted by molar-refractivity contribution is 5.88. The van der Waals surface area contributed by atoms with Crippen molar-refractivity contribution in [3.8, 4) is 0 Å². The van der Waals surface area contributed by atoms with E-state index in [1.807, 2.05) is 0 Å². The maximum atomic E-state index is 11.1. The highest BCUT2D eigenvalue weighted by atomic mass is 16.5. The van der Waals surface area contributed by atoms with Crippen LogP contribution < -0.4 is 16.0 Å². The second-order valence-electron chi connectivity index (χ2n) is 3.04. The van der Waals surface area contributed by atoms with Crippen LogP contribution in [0.4, 0.5) is 0 Å². The molecule has 8 heteroatoms. The largest absolute Gasteiger partial charge is 0.468 e. The molecule has 8 nitrogen and oxygen atoms in total. The molecule has 0 bridgehead atoms. The van der Waals surface area contributed by atoms with Crippen molar-refractivity contribution >= 4 is 23.7 Å². The smallest absolute Gasteiger partial charge is 0.325 e. The molecule has 17 heavy (non-hydrogen) atoms. The summed E-state index contributed by atoms with van der Waals surface area (Å²) in [6, 6.07) is 0. The minimum absolute atomic E-state index is 0.195. The highest BCUT2D eigenvalue weighted by Crippen LogP contribution is 1.72. The average molecular weight is 245 g/mol. The molecule has 0 aliphatic carbocycles. The Morgan fingerprint density at radius 2 is 1.35 bits per heavy atom. The van der Waals surface area contributed by atoms with Crippen LogP contribution in [0.15, 0.2) is 0 Å². The van der Waals surface area contributed by atoms with Gasteiger partial charge in [0.1, 0.15) is 6.54 Å². The quantitative estimate of drug-likeness (QED) is 0.449. The Hall–Kier alpha value is -2.12. The van der Waals surface area contributed by atoms with Crippen LogP contribution in [0.25, 0.3) is 0 Å². The number of hydrogen-bond donors (Lipinski definition) is 3. The van der Waals surface area contributed by atoms with Gasteiger partial charge in [-0.2, -0.15) is 0 Å². The molecule has 0 spiro atoms. The van der Waals surface area contributed by atoms with Gasteiger partial charge in [0, 0.05) is 6.92 Å². The third-order valence-electron chi connectivity index (χ3n) is 1.60. The van der Waals surface area contributed by atoms with Crippen molar-refractivity contribution in [1.29, 1.82) is 0 Å². The summed E-state index contributed by atoms with van der Waals surface area (Å²) in [5.74, 6) is -1.93. The van der Waals surface area contributed by atoms with Gasteiger partial charge in [-0.05, 0) is 0 Å². The van der Waals surface area contributed by atoms with Crippen molar-refractivity contribution in [2.75, 3.05) is 26.7 Å².